The van der Waals surface area contributed by atoms with E-state index in [4.69, 9.17) is 5.84 Å². The van der Waals surface area contributed by atoms with E-state index in [0.29, 0.717) is 18.4 Å². The van der Waals surface area contributed by atoms with Crippen LogP contribution in [0.2, 0.25) is 0 Å². The molecule has 0 aliphatic carbocycles. The third-order valence-electron chi connectivity index (χ3n) is 1.32. The van der Waals surface area contributed by atoms with Gasteiger partial charge in [0.1, 0.15) is 0 Å². The summed E-state index contributed by atoms with van der Waals surface area (Å²) in [6, 6.07) is 0. The second kappa shape index (κ2) is 6.20. The summed E-state index contributed by atoms with van der Waals surface area (Å²) < 4.78 is 0. The van der Waals surface area contributed by atoms with Crippen LogP contribution in [0.1, 0.15) is 27.7 Å². The first-order valence-electron chi connectivity index (χ1n) is 4.76. The summed E-state index contributed by atoms with van der Waals surface area (Å²) in [7, 11) is 0. The Morgan fingerprint density at radius 3 is 2.43 bits per heavy atom. The fraction of sp³-hybridized carbons (Fsp3) is 0.750. The predicted molar refractivity (Wildman–Crippen MR) is 56.9 cm³/mol. The van der Waals surface area contributed by atoms with Crippen molar-refractivity contribution < 1.29 is 0 Å². The Labute approximate surface area is 83.5 Å². The van der Waals surface area contributed by atoms with Crippen molar-refractivity contribution in [1.82, 2.24) is 15.2 Å². The molecule has 1 heterocycles. The largest absolute Gasteiger partial charge is 0.342 e. The number of H-pyrrole nitrogens is 2. The Morgan fingerprint density at radius 1 is 1.50 bits per heavy atom. The first-order valence-corrected chi connectivity index (χ1v) is 4.76. The maximum Gasteiger partial charge on any atom is 0.342 e. The molecule has 0 spiro atoms. The lowest BCUT2D eigenvalue weighted by molar-refractivity contribution is 0.612. The molecule has 1 aromatic rings. The normalized spacial score (nSPS) is 9.57. The summed E-state index contributed by atoms with van der Waals surface area (Å²) in [5.41, 5.74) is -0.343. The molecule has 0 unspecified atom stereocenters. The monoisotopic (exact) mass is 201 g/mol. The van der Waals surface area contributed by atoms with Crippen LogP contribution in [0.25, 0.3) is 0 Å². The second-order valence-corrected chi connectivity index (χ2v) is 3.05. The maximum atomic E-state index is 10.6. The highest BCUT2D eigenvalue weighted by atomic mass is 16.1. The molecule has 0 bridgehead atoms. The molecule has 1 rings (SSSR count). The van der Waals surface area contributed by atoms with Crippen LogP contribution in [0, 0.1) is 5.92 Å². The molecule has 0 aromatic carbocycles. The van der Waals surface area contributed by atoms with Crippen molar-refractivity contribution in [2.75, 3.05) is 11.6 Å². The van der Waals surface area contributed by atoms with Gasteiger partial charge in [0.2, 0.25) is 5.95 Å². The third-order valence-corrected chi connectivity index (χ3v) is 1.32. The Bertz CT molecular complexity index is 290. The van der Waals surface area contributed by atoms with E-state index in [1.165, 1.54) is 5.01 Å². The van der Waals surface area contributed by atoms with E-state index in [9.17, 15) is 4.79 Å². The summed E-state index contributed by atoms with van der Waals surface area (Å²) in [5.74, 6) is 6.39. The number of hydrogen-bond acceptors (Lipinski definition) is 4. The van der Waals surface area contributed by atoms with Crippen molar-refractivity contribution in [2.45, 2.75) is 27.7 Å². The highest BCUT2D eigenvalue weighted by Gasteiger charge is 2.06. The number of hydrogen-bond donors (Lipinski definition) is 3. The highest BCUT2D eigenvalue weighted by Crippen LogP contribution is 2.00. The Balaban J connectivity index is 0.000000791. The molecule has 0 radical (unpaired) electrons. The lowest BCUT2D eigenvalue weighted by Crippen LogP contribution is -2.35. The predicted octanol–water partition coefficient (Wildman–Crippen LogP) is 0.460. The highest BCUT2D eigenvalue weighted by molar-refractivity contribution is 5.23. The van der Waals surface area contributed by atoms with Crippen molar-refractivity contribution >= 4 is 5.95 Å². The van der Waals surface area contributed by atoms with Gasteiger partial charge in [0.05, 0.1) is 0 Å². The lowest BCUT2D eigenvalue weighted by Gasteiger charge is -2.16. The minimum atomic E-state index is -0.343. The van der Waals surface area contributed by atoms with Crippen molar-refractivity contribution in [1.29, 1.82) is 0 Å². The van der Waals surface area contributed by atoms with Crippen LogP contribution in [0.3, 0.4) is 0 Å². The van der Waals surface area contributed by atoms with Crippen LogP contribution in [0.4, 0.5) is 5.95 Å². The summed E-state index contributed by atoms with van der Waals surface area (Å²) in [6.45, 7) is 8.72. The van der Waals surface area contributed by atoms with Gasteiger partial charge >= 0.3 is 5.69 Å². The molecular formula is C8H19N5O. The van der Waals surface area contributed by atoms with E-state index >= 15 is 0 Å². The molecule has 0 saturated heterocycles. The molecule has 0 aliphatic heterocycles. The van der Waals surface area contributed by atoms with Gasteiger partial charge in [-0.3, -0.25) is 9.99 Å². The van der Waals surface area contributed by atoms with E-state index in [-0.39, 0.29) is 5.69 Å². The van der Waals surface area contributed by atoms with E-state index in [1.54, 1.807) is 0 Å². The number of aromatic amines is 2. The van der Waals surface area contributed by atoms with E-state index in [1.807, 2.05) is 27.7 Å². The smallest absolute Gasteiger partial charge is 0.279 e. The first-order chi connectivity index (χ1) is 6.59. The zero-order chi connectivity index (χ0) is 11.1. The average Bonchev–Trinajstić information content (AvgIpc) is 2.54. The SMILES string of the molecule is CC.CC(C)CN(N)c1n[nH]c(=O)[nH]1. The topological polar surface area (TPSA) is 90.8 Å². The van der Waals surface area contributed by atoms with E-state index in [2.05, 4.69) is 15.2 Å². The molecule has 4 N–H and O–H groups in total. The molecule has 0 atom stereocenters. The molecule has 0 aliphatic rings. The summed E-state index contributed by atoms with van der Waals surface area (Å²) in [4.78, 5) is 13.1. The van der Waals surface area contributed by atoms with Gasteiger partial charge in [0, 0.05) is 6.54 Å². The van der Waals surface area contributed by atoms with Crippen molar-refractivity contribution in [2.24, 2.45) is 11.8 Å². The van der Waals surface area contributed by atoms with Crippen LogP contribution in [-0.2, 0) is 0 Å². The summed E-state index contributed by atoms with van der Waals surface area (Å²) in [6.07, 6.45) is 0. The Kier molecular flexibility index (Phi) is 5.62. The van der Waals surface area contributed by atoms with Gasteiger partial charge in [0.15, 0.2) is 0 Å². The van der Waals surface area contributed by atoms with Gasteiger partial charge in [-0.1, -0.05) is 27.7 Å². The van der Waals surface area contributed by atoms with Crippen LogP contribution >= 0.6 is 0 Å². The van der Waals surface area contributed by atoms with Crippen molar-refractivity contribution in [3.63, 3.8) is 0 Å². The van der Waals surface area contributed by atoms with Crippen LogP contribution in [-0.4, -0.2) is 21.7 Å². The molecule has 6 heteroatoms. The van der Waals surface area contributed by atoms with Crippen LogP contribution in [0.5, 0.6) is 0 Å². The van der Waals surface area contributed by atoms with Gasteiger partial charge in [0.25, 0.3) is 0 Å². The van der Waals surface area contributed by atoms with Crippen LogP contribution in [0.15, 0.2) is 4.79 Å². The Morgan fingerprint density at radius 2 is 2.07 bits per heavy atom. The third kappa shape index (κ3) is 4.08. The van der Waals surface area contributed by atoms with E-state index in [0.717, 1.165) is 0 Å². The zero-order valence-electron chi connectivity index (χ0n) is 9.16. The van der Waals surface area contributed by atoms with Gasteiger partial charge in [-0.2, -0.15) is 0 Å². The molecule has 0 fully saturated rings. The minimum Gasteiger partial charge on any atom is -0.279 e. The van der Waals surface area contributed by atoms with Gasteiger partial charge in [-0.15, -0.1) is 5.10 Å². The number of rotatable bonds is 3. The van der Waals surface area contributed by atoms with Crippen LogP contribution < -0.4 is 16.5 Å². The summed E-state index contributed by atoms with van der Waals surface area (Å²) in [5, 5.41) is 7.32. The number of hydrazine groups is 1. The van der Waals surface area contributed by atoms with Crippen molar-refractivity contribution in [3.05, 3.63) is 10.5 Å². The summed E-state index contributed by atoms with van der Waals surface area (Å²) >= 11 is 0. The fourth-order valence-electron chi connectivity index (χ4n) is 0.877. The molecular weight excluding hydrogens is 182 g/mol. The second-order valence-electron chi connectivity index (χ2n) is 3.05. The quantitative estimate of drug-likeness (QED) is 0.489. The molecule has 0 saturated carbocycles. The molecule has 6 nitrogen and oxygen atoms in total. The number of nitrogens with one attached hydrogen (secondary N) is 2. The number of aromatic nitrogens is 3. The van der Waals surface area contributed by atoms with Gasteiger partial charge < -0.3 is 0 Å². The zero-order valence-corrected chi connectivity index (χ0v) is 9.16. The molecule has 1 aromatic heterocycles. The first kappa shape index (κ1) is 12.7. The average molecular weight is 201 g/mol. The van der Waals surface area contributed by atoms with Gasteiger partial charge in [-0.05, 0) is 5.92 Å². The Hall–Kier alpha value is -1.30. The molecule has 0 amide bonds. The van der Waals surface area contributed by atoms with Gasteiger partial charge in [-0.25, -0.2) is 15.7 Å². The lowest BCUT2D eigenvalue weighted by atomic mass is 10.2. The van der Waals surface area contributed by atoms with Crippen molar-refractivity contribution in [3.8, 4) is 0 Å². The molecule has 82 valence electrons. The maximum absolute atomic E-state index is 10.6. The fourth-order valence-corrected chi connectivity index (χ4v) is 0.877. The molecule has 14 heavy (non-hydrogen) atoms. The minimum absolute atomic E-state index is 0.343. The van der Waals surface area contributed by atoms with E-state index < -0.39 is 0 Å². The number of anilines is 1. The number of nitrogens with two attached hydrogens (primary N) is 1. The number of nitrogens with zero attached hydrogens (tertiary/aromatic N) is 2. The standard InChI is InChI=1S/C6H13N5O.C2H6/c1-4(2)3-11(7)5-8-6(12)10-9-5;1-2/h4H,3,7H2,1-2H3,(H2,8,9,10,12);1-2H3.